The van der Waals surface area contributed by atoms with Crippen LogP contribution in [0.15, 0.2) is 0 Å². The van der Waals surface area contributed by atoms with Crippen LogP contribution >= 0.6 is 0 Å². The van der Waals surface area contributed by atoms with Gasteiger partial charge in [-0.2, -0.15) is 0 Å². The molecule has 6 nitrogen and oxygen atoms in total. The van der Waals surface area contributed by atoms with E-state index in [1.54, 1.807) is 19.0 Å². The molecule has 22 heavy (non-hydrogen) atoms. The number of likely N-dealkylation sites (N-methyl/N-ethyl adjacent to an activating group) is 1. The van der Waals surface area contributed by atoms with Gasteiger partial charge in [0, 0.05) is 26.7 Å². The van der Waals surface area contributed by atoms with Gasteiger partial charge in [-0.15, -0.1) is 0 Å². The molecule has 1 rings (SSSR count). The molecule has 2 amide bonds. The molecule has 0 aromatic carbocycles. The Labute approximate surface area is 134 Å². The summed E-state index contributed by atoms with van der Waals surface area (Å²) in [6.45, 7) is 6.49. The van der Waals surface area contributed by atoms with Gasteiger partial charge in [0.2, 0.25) is 5.91 Å². The van der Waals surface area contributed by atoms with E-state index >= 15 is 0 Å². The van der Waals surface area contributed by atoms with E-state index in [1.807, 2.05) is 20.8 Å². The standard InChI is InChI=1S/C16H31N3O3/c1-16(2,3)22-15(21)18-10-12-8-6-7-9-13(12)17-11-14(20)19(4)5/h12-13,17H,6-11H2,1-5H3,(H,18,21). The van der Waals surface area contributed by atoms with Gasteiger partial charge in [-0.1, -0.05) is 12.8 Å². The first kappa shape index (κ1) is 18.7. The molecule has 0 bridgehead atoms. The molecule has 0 radical (unpaired) electrons. The lowest BCUT2D eigenvalue weighted by molar-refractivity contribution is -0.128. The van der Waals surface area contributed by atoms with Gasteiger partial charge in [-0.25, -0.2) is 4.79 Å². The summed E-state index contributed by atoms with van der Waals surface area (Å²) in [7, 11) is 3.51. The van der Waals surface area contributed by atoms with E-state index in [-0.39, 0.29) is 18.0 Å². The number of carbonyl (C=O) groups excluding carboxylic acids is 2. The first-order chi connectivity index (χ1) is 10.2. The molecule has 0 aromatic heterocycles. The highest BCUT2D eigenvalue weighted by atomic mass is 16.6. The zero-order valence-corrected chi connectivity index (χ0v) is 14.6. The van der Waals surface area contributed by atoms with Crippen LogP contribution in [0, 0.1) is 5.92 Å². The smallest absolute Gasteiger partial charge is 0.407 e. The average molecular weight is 313 g/mol. The molecule has 128 valence electrons. The molecule has 1 aliphatic rings. The average Bonchev–Trinajstić information content (AvgIpc) is 2.41. The van der Waals surface area contributed by atoms with Gasteiger partial charge in [0.1, 0.15) is 5.60 Å². The third kappa shape index (κ3) is 7.11. The molecule has 0 saturated heterocycles. The van der Waals surface area contributed by atoms with Crippen LogP contribution < -0.4 is 10.6 Å². The summed E-state index contributed by atoms with van der Waals surface area (Å²) in [5.41, 5.74) is -0.480. The molecule has 1 aliphatic carbocycles. The molecule has 0 spiro atoms. The van der Waals surface area contributed by atoms with E-state index in [0.717, 1.165) is 19.3 Å². The van der Waals surface area contributed by atoms with Crippen LogP contribution in [-0.2, 0) is 9.53 Å². The summed E-state index contributed by atoms with van der Waals surface area (Å²) >= 11 is 0. The van der Waals surface area contributed by atoms with Crippen molar-refractivity contribution in [3.63, 3.8) is 0 Å². The highest BCUT2D eigenvalue weighted by Gasteiger charge is 2.26. The Morgan fingerprint density at radius 2 is 1.82 bits per heavy atom. The Morgan fingerprint density at radius 1 is 1.18 bits per heavy atom. The van der Waals surface area contributed by atoms with Crippen molar-refractivity contribution in [2.24, 2.45) is 5.92 Å². The van der Waals surface area contributed by atoms with Crippen LogP contribution in [0.3, 0.4) is 0 Å². The van der Waals surface area contributed by atoms with Crippen molar-refractivity contribution in [1.29, 1.82) is 0 Å². The highest BCUT2D eigenvalue weighted by molar-refractivity contribution is 5.77. The Kier molecular flexibility index (Phi) is 7.13. The number of nitrogens with zero attached hydrogens (tertiary/aromatic N) is 1. The molecule has 1 saturated carbocycles. The summed E-state index contributed by atoms with van der Waals surface area (Å²) in [5, 5.41) is 6.19. The minimum absolute atomic E-state index is 0.0735. The number of carbonyl (C=O) groups is 2. The Balaban J connectivity index is 2.41. The summed E-state index contributed by atoms with van der Waals surface area (Å²) in [6, 6.07) is 0.271. The number of amides is 2. The highest BCUT2D eigenvalue weighted by Crippen LogP contribution is 2.24. The number of rotatable bonds is 5. The molecule has 0 aliphatic heterocycles. The van der Waals surface area contributed by atoms with E-state index in [9.17, 15) is 9.59 Å². The van der Waals surface area contributed by atoms with Gasteiger partial charge in [0.25, 0.3) is 0 Å². The summed E-state index contributed by atoms with van der Waals surface area (Å²) in [6.07, 6.45) is 4.06. The van der Waals surface area contributed by atoms with Crippen molar-refractivity contribution in [3.05, 3.63) is 0 Å². The third-order valence-corrected chi connectivity index (χ3v) is 3.83. The normalized spacial score (nSPS) is 22.0. The zero-order chi connectivity index (χ0) is 16.8. The maximum absolute atomic E-state index is 11.7. The predicted molar refractivity (Wildman–Crippen MR) is 86.7 cm³/mol. The predicted octanol–water partition coefficient (Wildman–Crippen LogP) is 1.75. The molecular formula is C16H31N3O3. The molecule has 6 heteroatoms. The Hall–Kier alpha value is -1.30. The van der Waals surface area contributed by atoms with E-state index < -0.39 is 5.60 Å². The van der Waals surface area contributed by atoms with Crippen molar-refractivity contribution in [1.82, 2.24) is 15.5 Å². The van der Waals surface area contributed by atoms with Crippen LogP contribution in [0.1, 0.15) is 46.5 Å². The second kappa shape index (κ2) is 8.36. The van der Waals surface area contributed by atoms with Crippen LogP contribution in [-0.4, -0.2) is 55.7 Å². The van der Waals surface area contributed by atoms with E-state index in [1.165, 1.54) is 6.42 Å². The molecule has 0 heterocycles. The van der Waals surface area contributed by atoms with Crippen molar-refractivity contribution in [2.75, 3.05) is 27.2 Å². The number of hydrogen-bond acceptors (Lipinski definition) is 4. The van der Waals surface area contributed by atoms with Gasteiger partial charge < -0.3 is 20.3 Å². The number of alkyl carbamates (subject to hydrolysis) is 1. The van der Waals surface area contributed by atoms with Crippen LogP contribution in [0.25, 0.3) is 0 Å². The summed E-state index contributed by atoms with van der Waals surface area (Å²) in [5.74, 6) is 0.417. The quantitative estimate of drug-likeness (QED) is 0.811. The second-order valence-corrected chi connectivity index (χ2v) is 7.20. The summed E-state index contributed by atoms with van der Waals surface area (Å²) in [4.78, 5) is 25.0. The molecule has 1 fully saturated rings. The van der Waals surface area contributed by atoms with Crippen molar-refractivity contribution < 1.29 is 14.3 Å². The molecule has 2 N–H and O–H groups in total. The van der Waals surface area contributed by atoms with Crippen molar-refractivity contribution in [3.8, 4) is 0 Å². The third-order valence-electron chi connectivity index (χ3n) is 3.83. The van der Waals surface area contributed by atoms with Crippen LogP contribution in [0.4, 0.5) is 4.79 Å². The summed E-state index contributed by atoms with van der Waals surface area (Å²) < 4.78 is 5.26. The van der Waals surface area contributed by atoms with Gasteiger partial charge >= 0.3 is 6.09 Å². The fourth-order valence-corrected chi connectivity index (χ4v) is 2.63. The zero-order valence-electron chi connectivity index (χ0n) is 14.6. The lowest BCUT2D eigenvalue weighted by atomic mass is 9.84. The lowest BCUT2D eigenvalue weighted by Gasteiger charge is -2.33. The molecule has 2 atom stereocenters. The number of ether oxygens (including phenoxy) is 1. The first-order valence-electron chi connectivity index (χ1n) is 8.09. The fraction of sp³-hybridized carbons (Fsp3) is 0.875. The lowest BCUT2D eigenvalue weighted by Crippen LogP contribution is -2.47. The number of nitrogens with one attached hydrogen (secondary N) is 2. The minimum atomic E-state index is -0.480. The van der Waals surface area contributed by atoms with Crippen molar-refractivity contribution >= 4 is 12.0 Å². The molecule has 0 aromatic rings. The monoisotopic (exact) mass is 313 g/mol. The van der Waals surface area contributed by atoms with Crippen LogP contribution in [0.5, 0.6) is 0 Å². The minimum Gasteiger partial charge on any atom is -0.444 e. The molecule has 2 unspecified atom stereocenters. The Morgan fingerprint density at radius 3 is 2.41 bits per heavy atom. The van der Waals surface area contributed by atoms with Crippen molar-refractivity contribution in [2.45, 2.75) is 58.1 Å². The SMILES string of the molecule is CN(C)C(=O)CNC1CCCCC1CNC(=O)OC(C)(C)C. The molecular weight excluding hydrogens is 282 g/mol. The largest absolute Gasteiger partial charge is 0.444 e. The van der Waals surface area contributed by atoms with Gasteiger partial charge in [0.15, 0.2) is 0 Å². The van der Waals surface area contributed by atoms with Gasteiger partial charge in [-0.05, 0) is 39.5 Å². The van der Waals surface area contributed by atoms with Crippen LogP contribution in [0.2, 0.25) is 0 Å². The Bertz CT molecular complexity index is 377. The van der Waals surface area contributed by atoms with E-state index in [4.69, 9.17) is 4.74 Å². The van der Waals surface area contributed by atoms with E-state index in [0.29, 0.717) is 19.0 Å². The second-order valence-electron chi connectivity index (χ2n) is 7.20. The fourth-order valence-electron chi connectivity index (χ4n) is 2.63. The maximum Gasteiger partial charge on any atom is 0.407 e. The topological polar surface area (TPSA) is 70.7 Å². The number of hydrogen-bond donors (Lipinski definition) is 2. The first-order valence-corrected chi connectivity index (χ1v) is 8.09. The van der Waals surface area contributed by atoms with Gasteiger partial charge in [-0.3, -0.25) is 4.79 Å². The maximum atomic E-state index is 11.7. The van der Waals surface area contributed by atoms with E-state index in [2.05, 4.69) is 10.6 Å². The van der Waals surface area contributed by atoms with Gasteiger partial charge in [0.05, 0.1) is 6.54 Å².